The summed E-state index contributed by atoms with van der Waals surface area (Å²) in [5.74, 6) is 1.61. The van der Waals surface area contributed by atoms with E-state index in [0.29, 0.717) is 24.9 Å². The summed E-state index contributed by atoms with van der Waals surface area (Å²) in [6, 6.07) is 0.377. The number of rotatable bonds is 5. The zero-order valence-corrected chi connectivity index (χ0v) is 14.7. The van der Waals surface area contributed by atoms with Crippen molar-refractivity contribution in [3.63, 3.8) is 0 Å². The van der Waals surface area contributed by atoms with E-state index in [1.54, 1.807) is 0 Å². The van der Waals surface area contributed by atoms with Gasteiger partial charge in [0.1, 0.15) is 0 Å². The Morgan fingerprint density at radius 3 is 2.50 bits per heavy atom. The highest BCUT2D eigenvalue weighted by atomic mass is 16.2. The molecule has 2 rings (SSSR count). The molecule has 0 aromatic carbocycles. The van der Waals surface area contributed by atoms with E-state index in [1.807, 2.05) is 16.8 Å². The van der Waals surface area contributed by atoms with E-state index in [9.17, 15) is 9.59 Å². The van der Waals surface area contributed by atoms with Crippen LogP contribution in [0.3, 0.4) is 0 Å². The number of carbonyl (C=O) groups is 2. The molecule has 4 nitrogen and oxygen atoms in total. The van der Waals surface area contributed by atoms with Crippen molar-refractivity contribution in [2.75, 3.05) is 20.1 Å². The Bertz CT molecular complexity index is 400. The minimum atomic E-state index is -0.121. The predicted octanol–water partition coefficient (Wildman–Crippen LogP) is 2.92. The van der Waals surface area contributed by atoms with E-state index in [-0.39, 0.29) is 17.7 Å². The number of carbonyl (C=O) groups excluding carboxylic acids is 2. The molecule has 0 N–H and O–H groups in total. The van der Waals surface area contributed by atoms with Crippen molar-refractivity contribution >= 4 is 11.8 Å². The SMILES string of the molecule is CC(C)CCN(C)C(=O)[C@H]1CC(=O)N(C2CCC(C)CC2)C1. The molecule has 4 heteroatoms. The molecule has 22 heavy (non-hydrogen) atoms. The van der Waals surface area contributed by atoms with Gasteiger partial charge in [-0.25, -0.2) is 0 Å². The van der Waals surface area contributed by atoms with Crippen LogP contribution in [0.1, 0.15) is 59.3 Å². The fourth-order valence-corrected chi connectivity index (χ4v) is 3.68. The molecule has 0 aromatic rings. The van der Waals surface area contributed by atoms with E-state index >= 15 is 0 Å². The topological polar surface area (TPSA) is 40.6 Å². The molecule has 0 bridgehead atoms. The maximum absolute atomic E-state index is 12.5. The molecule has 2 aliphatic rings. The van der Waals surface area contributed by atoms with Crippen LogP contribution in [0.25, 0.3) is 0 Å². The fraction of sp³-hybridized carbons (Fsp3) is 0.889. The van der Waals surface area contributed by atoms with Crippen molar-refractivity contribution in [3.05, 3.63) is 0 Å². The summed E-state index contributed by atoms with van der Waals surface area (Å²) in [6.45, 7) is 8.06. The van der Waals surface area contributed by atoms with Crippen LogP contribution < -0.4 is 0 Å². The minimum Gasteiger partial charge on any atom is -0.345 e. The molecule has 1 saturated carbocycles. The second-order valence-electron chi connectivity index (χ2n) is 7.80. The number of nitrogens with zero attached hydrogens (tertiary/aromatic N) is 2. The van der Waals surface area contributed by atoms with Gasteiger partial charge in [0.2, 0.25) is 11.8 Å². The summed E-state index contributed by atoms with van der Waals surface area (Å²) in [5.41, 5.74) is 0. The maximum atomic E-state index is 12.5. The average molecular weight is 308 g/mol. The number of amides is 2. The highest BCUT2D eigenvalue weighted by Gasteiger charge is 2.39. The lowest BCUT2D eigenvalue weighted by Gasteiger charge is -2.33. The van der Waals surface area contributed by atoms with Crippen molar-refractivity contribution in [2.24, 2.45) is 17.8 Å². The molecular formula is C18H32N2O2. The smallest absolute Gasteiger partial charge is 0.227 e. The molecule has 1 heterocycles. The largest absolute Gasteiger partial charge is 0.345 e. The molecule has 1 saturated heterocycles. The van der Waals surface area contributed by atoms with Gasteiger partial charge >= 0.3 is 0 Å². The van der Waals surface area contributed by atoms with Gasteiger partial charge in [0.25, 0.3) is 0 Å². The molecule has 126 valence electrons. The summed E-state index contributed by atoms with van der Waals surface area (Å²) < 4.78 is 0. The first kappa shape index (κ1) is 17.3. The molecule has 2 amide bonds. The lowest BCUT2D eigenvalue weighted by molar-refractivity contribution is -0.134. The fourth-order valence-electron chi connectivity index (χ4n) is 3.68. The first-order valence-corrected chi connectivity index (χ1v) is 8.93. The van der Waals surface area contributed by atoms with Crippen LogP contribution in [0.5, 0.6) is 0 Å². The standard InChI is InChI=1S/C18H32N2O2/c1-13(2)9-10-19(4)18(22)15-11-17(21)20(12-15)16-7-5-14(3)6-8-16/h13-16H,5-12H2,1-4H3/t14?,15-,16?/m0/s1. The van der Waals surface area contributed by atoms with Crippen LogP contribution >= 0.6 is 0 Å². The molecule has 0 spiro atoms. The lowest BCUT2D eigenvalue weighted by atomic mass is 9.86. The monoisotopic (exact) mass is 308 g/mol. The zero-order valence-electron chi connectivity index (χ0n) is 14.7. The number of hydrogen-bond acceptors (Lipinski definition) is 2. The number of likely N-dealkylation sites (tertiary alicyclic amines) is 1. The van der Waals surface area contributed by atoms with Crippen molar-refractivity contribution in [3.8, 4) is 0 Å². The average Bonchev–Trinajstić information content (AvgIpc) is 2.86. The van der Waals surface area contributed by atoms with Crippen LogP contribution in [0, 0.1) is 17.8 Å². The summed E-state index contributed by atoms with van der Waals surface area (Å²) in [7, 11) is 1.88. The minimum absolute atomic E-state index is 0.121. The highest BCUT2D eigenvalue weighted by molar-refractivity contribution is 5.89. The summed E-state index contributed by atoms with van der Waals surface area (Å²) in [6.07, 6.45) is 6.07. The Morgan fingerprint density at radius 1 is 1.27 bits per heavy atom. The quantitative estimate of drug-likeness (QED) is 0.783. The molecule has 1 aliphatic carbocycles. The molecular weight excluding hydrogens is 276 g/mol. The first-order valence-electron chi connectivity index (χ1n) is 8.93. The first-order chi connectivity index (χ1) is 10.4. The van der Waals surface area contributed by atoms with E-state index < -0.39 is 0 Å². The van der Waals surface area contributed by atoms with Gasteiger partial charge in [0.05, 0.1) is 5.92 Å². The van der Waals surface area contributed by atoms with E-state index in [2.05, 4.69) is 20.8 Å². The van der Waals surface area contributed by atoms with Gasteiger partial charge in [-0.05, 0) is 43.9 Å². The van der Waals surface area contributed by atoms with Crippen molar-refractivity contribution in [2.45, 2.75) is 65.3 Å². The van der Waals surface area contributed by atoms with E-state index in [4.69, 9.17) is 0 Å². The Balaban J connectivity index is 1.87. The van der Waals surface area contributed by atoms with Gasteiger partial charge in [0, 0.05) is 32.6 Å². The Hall–Kier alpha value is -1.06. The maximum Gasteiger partial charge on any atom is 0.227 e. The van der Waals surface area contributed by atoms with E-state index in [0.717, 1.165) is 31.7 Å². The summed E-state index contributed by atoms with van der Waals surface area (Å²) >= 11 is 0. The molecule has 1 aliphatic heterocycles. The van der Waals surface area contributed by atoms with Crippen LogP contribution in [0.15, 0.2) is 0 Å². The third-order valence-corrected chi connectivity index (χ3v) is 5.35. The van der Waals surface area contributed by atoms with Crippen molar-refractivity contribution in [1.29, 1.82) is 0 Å². The van der Waals surface area contributed by atoms with Gasteiger partial charge in [-0.1, -0.05) is 20.8 Å². The van der Waals surface area contributed by atoms with E-state index in [1.165, 1.54) is 12.8 Å². The zero-order chi connectivity index (χ0) is 16.3. The normalized spacial score (nSPS) is 29.2. The van der Waals surface area contributed by atoms with Gasteiger partial charge in [-0.2, -0.15) is 0 Å². The highest BCUT2D eigenvalue weighted by Crippen LogP contribution is 2.31. The Kier molecular flexibility index (Phi) is 5.87. The molecule has 2 fully saturated rings. The second-order valence-corrected chi connectivity index (χ2v) is 7.80. The van der Waals surface area contributed by atoms with Crippen LogP contribution in [0.2, 0.25) is 0 Å². The van der Waals surface area contributed by atoms with Crippen molar-refractivity contribution < 1.29 is 9.59 Å². The third-order valence-electron chi connectivity index (χ3n) is 5.35. The van der Waals surface area contributed by atoms with Crippen molar-refractivity contribution in [1.82, 2.24) is 9.80 Å². The van der Waals surface area contributed by atoms with Crippen LogP contribution in [-0.2, 0) is 9.59 Å². The van der Waals surface area contributed by atoms with Gasteiger partial charge in [0.15, 0.2) is 0 Å². The molecule has 1 atom stereocenters. The summed E-state index contributed by atoms with van der Waals surface area (Å²) in [5, 5.41) is 0. The van der Waals surface area contributed by atoms with Gasteiger partial charge in [-0.15, -0.1) is 0 Å². The molecule has 0 unspecified atom stereocenters. The van der Waals surface area contributed by atoms with Crippen LogP contribution in [0.4, 0.5) is 0 Å². The number of hydrogen-bond donors (Lipinski definition) is 0. The molecule has 0 radical (unpaired) electrons. The molecule has 0 aromatic heterocycles. The van der Waals surface area contributed by atoms with Gasteiger partial charge in [-0.3, -0.25) is 9.59 Å². The Morgan fingerprint density at radius 2 is 1.91 bits per heavy atom. The summed E-state index contributed by atoms with van der Waals surface area (Å²) in [4.78, 5) is 28.7. The second kappa shape index (κ2) is 7.47. The lowest BCUT2D eigenvalue weighted by Crippen LogP contribution is -2.40. The van der Waals surface area contributed by atoms with Gasteiger partial charge < -0.3 is 9.80 Å². The predicted molar refractivity (Wildman–Crippen MR) is 88.3 cm³/mol. The Labute approximate surface area is 135 Å². The van der Waals surface area contributed by atoms with Crippen LogP contribution in [-0.4, -0.2) is 47.8 Å². The third kappa shape index (κ3) is 4.23.